The third-order valence-corrected chi connectivity index (χ3v) is 13.1. The first kappa shape index (κ1) is 21.9. The van der Waals surface area contributed by atoms with Crippen molar-refractivity contribution in [3.63, 3.8) is 0 Å². The van der Waals surface area contributed by atoms with Crippen LogP contribution in [0.5, 0.6) is 0 Å². The molecule has 5 aliphatic carbocycles. The maximum absolute atomic E-state index is 11.9. The minimum Gasteiger partial charge on any atom is -0.479 e. The summed E-state index contributed by atoms with van der Waals surface area (Å²) in [6, 6.07) is 0. The number of fused-ring (bicyclic) bond motifs is 4. The summed E-state index contributed by atoms with van der Waals surface area (Å²) in [5.41, 5.74) is 0.286. The summed E-state index contributed by atoms with van der Waals surface area (Å²) in [6.07, 6.45) is 6.41. The largest absolute Gasteiger partial charge is 0.479 e. The van der Waals surface area contributed by atoms with Crippen LogP contribution >= 0.6 is 0 Å². The fourth-order valence-corrected chi connectivity index (χ4v) is 11.4. The standard InChI is InChI=1S/C27H42O5/c1-14-12-15(22(30)31)32-20-19(14)24(4)10-11-27-13-26(27)9-8-18(28)23(2,3)16(26)6-7-17(27)25(24,5)21(20)29/h14-21,28-29H,6-13H2,1-5H3,(H,30,31)/t14-,15?,16+,17?,18?,19?,20?,21+,24?,25-,26?,27?/m1/s1. The predicted molar refractivity (Wildman–Crippen MR) is 120 cm³/mol. The summed E-state index contributed by atoms with van der Waals surface area (Å²) in [4.78, 5) is 11.8. The van der Waals surface area contributed by atoms with Gasteiger partial charge < -0.3 is 20.1 Å². The Kier molecular flexibility index (Phi) is 4.18. The first-order valence-corrected chi connectivity index (χ1v) is 13.1. The number of carbonyl (C=O) groups is 1. The summed E-state index contributed by atoms with van der Waals surface area (Å²) in [5.74, 6) is 0.575. The van der Waals surface area contributed by atoms with E-state index in [0.717, 1.165) is 32.1 Å². The molecule has 5 heteroatoms. The Balaban J connectivity index is 1.40. The molecule has 1 aliphatic heterocycles. The van der Waals surface area contributed by atoms with Crippen LogP contribution in [0.2, 0.25) is 0 Å². The van der Waals surface area contributed by atoms with Gasteiger partial charge in [-0.1, -0.05) is 34.6 Å². The average Bonchev–Trinajstić information content (AvgIpc) is 3.36. The molecular weight excluding hydrogens is 404 g/mol. The molecule has 5 saturated carbocycles. The van der Waals surface area contributed by atoms with Gasteiger partial charge in [0.25, 0.3) is 0 Å². The third-order valence-electron chi connectivity index (χ3n) is 13.1. The monoisotopic (exact) mass is 446 g/mol. The maximum Gasteiger partial charge on any atom is 0.332 e. The van der Waals surface area contributed by atoms with Crippen LogP contribution in [0.25, 0.3) is 0 Å². The lowest BCUT2D eigenvalue weighted by molar-refractivity contribution is -0.183. The molecule has 6 aliphatic rings. The fraction of sp³-hybridized carbons (Fsp3) is 0.963. The molecule has 1 saturated heterocycles. The highest BCUT2D eigenvalue weighted by molar-refractivity contribution is 5.72. The second-order valence-corrected chi connectivity index (χ2v) is 13.9. The van der Waals surface area contributed by atoms with Crippen LogP contribution < -0.4 is 0 Å². The number of ether oxygens (including phenoxy) is 1. The average molecular weight is 447 g/mol. The van der Waals surface area contributed by atoms with Crippen molar-refractivity contribution in [3.05, 3.63) is 0 Å². The van der Waals surface area contributed by atoms with Gasteiger partial charge in [-0.15, -0.1) is 0 Å². The van der Waals surface area contributed by atoms with E-state index >= 15 is 0 Å². The minimum atomic E-state index is -0.895. The number of hydrogen-bond donors (Lipinski definition) is 3. The van der Waals surface area contributed by atoms with E-state index in [2.05, 4.69) is 34.6 Å². The van der Waals surface area contributed by atoms with E-state index in [-0.39, 0.29) is 45.7 Å². The number of carboxylic acid groups (broad SMARTS) is 1. The Morgan fingerprint density at radius 1 is 0.938 bits per heavy atom. The van der Waals surface area contributed by atoms with Gasteiger partial charge in [0.2, 0.25) is 0 Å². The summed E-state index contributed by atoms with van der Waals surface area (Å²) >= 11 is 0. The lowest BCUT2D eigenvalue weighted by Crippen LogP contribution is -2.59. The van der Waals surface area contributed by atoms with E-state index in [4.69, 9.17) is 4.74 Å². The van der Waals surface area contributed by atoms with Gasteiger partial charge in [-0.25, -0.2) is 4.79 Å². The Morgan fingerprint density at radius 2 is 1.59 bits per heavy atom. The molecule has 3 N–H and O–H groups in total. The number of aliphatic hydroxyl groups excluding tert-OH is 2. The second kappa shape index (κ2) is 6.12. The Labute approximate surface area is 192 Å². The molecular formula is C27H42O5. The zero-order valence-corrected chi connectivity index (χ0v) is 20.4. The molecule has 12 atom stereocenters. The Bertz CT molecular complexity index is 855. The second-order valence-electron chi connectivity index (χ2n) is 13.9. The van der Waals surface area contributed by atoms with E-state index in [9.17, 15) is 20.1 Å². The zero-order chi connectivity index (χ0) is 23.1. The van der Waals surface area contributed by atoms with E-state index in [0.29, 0.717) is 23.7 Å². The summed E-state index contributed by atoms with van der Waals surface area (Å²) in [5, 5.41) is 32.4. The molecule has 32 heavy (non-hydrogen) atoms. The van der Waals surface area contributed by atoms with Crippen molar-refractivity contribution in [1.82, 2.24) is 0 Å². The van der Waals surface area contributed by atoms with Gasteiger partial charge in [-0.2, -0.15) is 0 Å². The third kappa shape index (κ3) is 2.13. The lowest BCUT2D eigenvalue weighted by atomic mass is 9.41. The topological polar surface area (TPSA) is 87.0 Å². The number of aliphatic hydroxyl groups is 2. The van der Waals surface area contributed by atoms with E-state index < -0.39 is 18.2 Å². The van der Waals surface area contributed by atoms with Crippen LogP contribution in [0.1, 0.15) is 86.0 Å². The number of carboxylic acids is 1. The summed E-state index contributed by atoms with van der Waals surface area (Å²) in [7, 11) is 0. The minimum absolute atomic E-state index is 0.0315. The van der Waals surface area contributed by atoms with E-state index in [1.165, 1.54) is 12.8 Å². The molecule has 5 nitrogen and oxygen atoms in total. The number of hydrogen-bond acceptors (Lipinski definition) is 4. The highest BCUT2D eigenvalue weighted by Gasteiger charge is 2.84. The normalized spacial score (nSPS) is 62.1. The SMILES string of the molecule is C[C@@H]1CC(C(=O)O)OC2C1C1(C)CCC34CC35CCC(O)C(C)(C)[C@@H]5CCC4[C@]1(C)[C@H]2O. The molecule has 6 fully saturated rings. The Morgan fingerprint density at radius 3 is 2.28 bits per heavy atom. The van der Waals surface area contributed by atoms with Crippen LogP contribution in [0.3, 0.4) is 0 Å². The van der Waals surface area contributed by atoms with Crippen LogP contribution in [-0.4, -0.2) is 45.7 Å². The van der Waals surface area contributed by atoms with Gasteiger partial charge in [-0.05, 0) is 96.7 Å². The molecule has 0 radical (unpaired) electrons. The van der Waals surface area contributed by atoms with Crippen LogP contribution in [0.15, 0.2) is 0 Å². The van der Waals surface area contributed by atoms with Gasteiger partial charge in [0.15, 0.2) is 6.10 Å². The molecule has 2 spiro atoms. The van der Waals surface area contributed by atoms with Crippen molar-refractivity contribution < 1.29 is 24.9 Å². The van der Waals surface area contributed by atoms with Crippen molar-refractivity contribution >= 4 is 5.97 Å². The molecule has 0 aromatic heterocycles. The molecule has 0 aromatic rings. The van der Waals surface area contributed by atoms with Crippen LogP contribution in [-0.2, 0) is 9.53 Å². The van der Waals surface area contributed by atoms with Crippen molar-refractivity contribution in [2.75, 3.05) is 0 Å². The first-order valence-electron chi connectivity index (χ1n) is 13.1. The highest BCUT2D eigenvalue weighted by atomic mass is 16.5. The molecule has 0 amide bonds. The molecule has 1 heterocycles. The number of rotatable bonds is 1. The van der Waals surface area contributed by atoms with Gasteiger partial charge in [0, 0.05) is 5.41 Å². The quantitative estimate of drug-likeness (QED) is 0.561. The maximum atomic E-state index is 11.9. The van der Waals surface area contributed by atoms with Gasteiger partial charge in [0.1, 0.15) is 0 Å². The van der Waals surface area contributed by atoms with Gasteiger partial charge >= 0.3 is 5.97 Å². The van der Waals surface area contributed by atoms with Crippen molar-refractivity contribution in [2.45, 2.75) is 110 Å². The van der Waals surface area contributed by atoms with Gasteiger partial charge in [0.05, 0.1) is 18.3 Å². The summed E-state index contributed by atoms with van der Waals surface area (Å²) < 4.78 is 6.17. The molecule has 180 valence electrons. The fourth-order valence-electron chi connectivity index (χ4n) is 11.4. The number of aliphatic carboxylic acids is 1. The Hall–Kier alpha value is -0.650. The van der Waals surface area contributed by atoms with Crippen molar-refractivity contribution in [2.24, 2.45) is 50.7 Å². The van der Waals surface area contributed by atoms with Crippen molar-refractivity contribution in [3.8, 4) is 0 Å². The molecule has 8 unspecified atom stereocenters. The van der Waals surface area contributed by atoms with Crippen LogP contribution in [0, 0.1) is 50.7 Å². The lowest BCUT2D eigenvalue weighted by Gasteiger charge is -2.63. The van der Waals surface area contributed by atoms with E-state index in [1.807, 2.05) is 0 Å². The molecule has 0 aromatic carbocycles. The zero-order valence-electron chi connectivity index (χ0n) is 20.4. The van der Waals surface area contributed by atoms with Gasteiger partial charge in [-0.3, -0.25) is 0 Å². The predicted octanol–water partition coefficient (Wildman–Crippen LogP) is 4.25. The highest BCUT2D eigenvalue weighted by Crippen LogP contribution is 2.89. The molecule has 0 bridgehead atoms. The first-order chi connectivity index (χ1) is 14.9. The summed E-state index contributed by atoms with van der Waals surface area (Å²) in [6.45, 7) is 11.5. The van der Waals surface area contributed by atoms with Crippen molar-refractivity contribution in [1.29, 1.82) is 0 Å². The molecule has 6 rings (SSSR count). The van der Waals surface area contributed by atoms with E-state index in [1.54, 1.807) is 0 Å². The smallest absolute Gasteiger partial charge is 0.332 e. The van der Waals surface area contributed by atoms with Crippen LogP contribution in [0.4, 0.5) is 0 Å².